The van der Waals surface area contributed by atoms with Gasteiger partial charge in [0.25, 0.3) is 12.4 Å². The van der Waals surface area contributed by atoms with Gasteiger partial charge >= 0.3 is 5.97 Å². The van der Waals surface area contributed by atoms with E-state index in [1.165, 1.54) is 7.11 Å². The number of carbonyl (C=O) groups is 3. The highest BCUT2D eigenvalue weighted by Crippen LogP contribution is 2.24. The summed E-state index contributed by atoms with van der Waals surface area (Å²) in [5.74, 6) is -0.271. The minimum atomic E-state index is -0.250. The predicted molar refractivity (Wildman–Crippen MR) is 110 cm³/mol. The number of hydrogen-bond donors (Lipinski definition) is 2. The Hall–Kier alpha value is -3.20. The lowest BCUT2D eigenvalue weighted by molar-refractivity contribution is -0.141. The molecule has 0 saturated carbocycles. The Kier molecular flexibility index (Phi) is 9.02. The number of nitrogens with zero attached hydrogens (tertiary/aromatic N) is 3. The van der Waals surface area contributed by atoms with Crippen LogP contribution in [0.2, 0.25) is 0 Å². The highest BCUT2D eigenvalue weighted by atomic mass is 16.5. The van der Waals surface area contributed by atoms with Crippen molar-refractivity contribution in [1.82, 2.24) is 20.0 Å². The number of carboxylic acid groups (broad SMARTS) is 1. The zero-order valence-corrected chi connectivity index (χ0v) is 17.2. The summed E-state index contributed by atoms with van der Waals surface area (Å²) < 4.78 is 6.58. The Balaban J connectivity index is 0.00000101. The Morgan fingerprint density at radius 2 is 2.03 bits per heavy atom. The highest BCUT2D eigenvalue weighted by molar-refractivity contribution is 5.94. The zero-order chi connectivity index (χ0) is 21.9. The zero-order valence-electron chi connectivity index (χ0n) is 17.2. The number of carbonyl (C=O) groups excluding carboxylic acids is 2. The Labute approximate surface area is 175 Å². The molecule has 2 N–H and O–H groups in total. The lowest BCUT2D eigenvalue weighted by Crippen LogP contribution is -2.41. The minimum absolute atomic E-state index is 0.0814. The van der Waals surface area contributed by atoms with Gasteiger partial charge in [0.15, 0.2) is 0 Å². The second-order valence-corrected chi connectivity index (χ2v) is 7.05. The van der Waals surface area contributed by atoms with Crippen LogP contribution in [0.15, 0.2) is 42.7 Å². The molecule has 9 heteroatoms. The van der Waals surface area contributed by atoms with Crippen molar-refractivity contribution in [2.45, 2.75) is 37.9 Å². The van der Waals surface area contributed by atoms with Crippen LogP contribution in [0, 0.1) is 0 Å². The molecule has 1 aromatic heterocycles. The average Bonchev–Trinajstić information content (AvgIpc) is 3.37. The first-order chi connectivity index (χ1) is 14.5. The Morgan fingerprint density at radius 1 is 1.30 bits per heavy atom. The van der Waals surface area contributed by atoms with Crippen LogP contribution in [0.5, 0.6) is 0 Å². The molecule has 1 aromatic carbocycles. The largest absolute Gasteiger partial charge is 0.483 e. The quantitative estimate of drug-likeness (QED) is 0.518. The van der Waals surface area contributed by atoms with Crippen LogP contribution in [0.25, 0.3) is 0 Å². The molecule has 162 valence electrons. The second kappa shape index (κ2) is 11.7. The fourth-order valence-electron chi connectivity index (χ4n) is 3.56. The fraction of sp³-hybridized carbons (Fsp3) is 0.429. The summed E-state index contributed by atoms with van der Waals surface area (Å²) >= 11 is 0. The normalized spacial score (nSPS) is 18.2. The van der Waals surface area contributed by atoms with Gasteiger partial charge < -0.3 is 15.2 Å². The molecule has 0 unspecified atom stereocenters. The molecule has 2 aromatic rings. The maximum absolute atomic E-state index is 12.5. The van der Waals surface area contributed by atoms with E-state index in [4.69, 9.17) is 14.6 Å². The molecule has 1 saturated heterocycles. The number of likely N-dealkylation sites (N-methyl/N-ethyl adjacent to an activating group) is 1. The molecule has 0 radical (unpaired) electrons. The predicted octanol–water partition coefficient (Wildman–Crippen LogP) is 1.39. The molecule has 2 atom stereocenters. The van der Waals surface area contributed by atoms with Gasteiger partial charge in [0.1, 0.15) is 0 Å². The molecule has 1 amide bonds. The monoisotopic (exact) mass is 416 g/mol. The van der Waals surface area contributed by atoms with Gasteiger partial charge in [-0.3, -0.25) is 24.0 Å². The fourth-order valence-corrected chi connectivity index (χ4v) is 3.56. The molecule has 3 rings (SSSR count). The molecule has 2 heterocycles. The maximum atomic E-state index is 12.5. The number of likely N-dealkylation sites (tertiary alicyclic amines) is 1. The van der Waals surface area contributed by atoms with Gasteiger partial charge in [-0.1, -0.05) is 12.1 Å². The molecule has 0 bridgehead atoms. The van der Waals surface area contributed by atoms with Crippen molar-refractivity contribution in [3.05, 3.63) is 53.9 Å². The maximum Gasteiger partial charge on any atom is 0.307 e. The first-order valence-electron chi connectivity index (χ1n) is 9.69. The van der Waals surface area contributed by atoms with E-state index < -0.39 is 0 Å². The summed E-state index contributed by atoms with van der Waals surface area (Å²) in [6, 6.07) is 9.88. The van der Waals surface area contributed by atoms with Gasteiger partial charge in [0, 0.05) is 36.6 Å². The molecule has 1 aliphatic rings. The van der Waals surface area contributed by atoms with Crippen molar-refractivity contribution in [1.29, 1.82) is 0 Å². The van der Waals surface area contributed by atoms with E-state index in [2.05, 4.69) is 15.3 Å². The molecule has 30 heavy (non-hydrogen) atoms. The van der Waals surface area contributed by atoms with E-state index in [1.54, 1.807) is 6.20 Å². The van der Waals surface area contributed by atoms with Crippen LogP contribution < -0.4 is 5.32 Å². The summed E-state index contributed by atoms with van der Waals surface area (Å²) in [7, 11) is 3.41. The van der Waals surface area contributed by atoms with Crippen molar-refractivity contribution in [2.75, 3.05) is 20.7 Å². The summed E-state index contributed by atoms with van der Waals surface area (Å²) in [5, 5.41) is 14.1. The molecule has 0 aliphatic carbocycles. The molecular weight excluding hydrogens is 388 g/mol. The molecule has 9 nitrogen and oxygen atoms in total. The summed E-state index contributed by atoms with van der Waals surface area (Å²) in [6.07, 6.45) is 5.92. The van der Waals surface area contributed by atoms with Gasteiger partial charge in [-0.25, -0.2) is 0 Å². The van der Waals surface area contributed by atoms with Crippen LogP contribution in [-0.4, -0.2) is 70.9 Å². The lowest BCUT2D eigenvalue weighted by atomic mass is 10.1. The smallest absolute Gasteiger partial charge is 0.307 e. The number of benzene rings is 1. The molecule has 1 aliphatic heterocycles. The van der Waals surface area contributed by atoms with E-state index in [0.717, 1.165) is 18.4 Å². The van der Waals surface area contributed by atoms with Crippen LogP contribution >= 0.6 is 0 Å². The third-order valence-electron chi connectivity index (χ3n) is 5.21. The summed E-state index contributed by atoms with van der Waals surface area (Å²) in [6.45, 7) is 0.949. The van der Waals surface area contributed by atoms with Gasteiger partial charge in [0.05, 0.1) is 20.1 Å². The van der Waals surface area contributed by atoms with Crippen molar-refractivity contribution in [2.24, 2.45) is 0 Å². The van der Waals surface area contributed by atoms with Crippen LogP contribution in [0.4, 0.5) is 0 Å². The van der Waals surface area contributed by atoms with Gasteiger partial charge in [-0.2, -0.15) is 5.10 Å². The van der Waals surface area contributed by atoms with Gasteiger partial charge in [-0.15, -0.1) is 0 Å². The molecular formula is C21H28N4O5. The number of esters is 1. The van der Waals surface area contributed by atoms with Crippen molar-refractivity contribution < 1.29 is 24.2 Å². The van der Waals surface area contributed by atoms with Crippen LogP contribution in [-0.2, 0) is 20.9 Å². The first-order valence-corrected chi connectivity index (χ1v) is 9.69. The van der Waals surface area contributed by atoms with Crippen LogP contribution in [0.1, 0.15) is 35.2 Å². The third-order valence-corrected chi connectivity index (χ3v) is 5.21. The van der Waals surface area contributed by atoms with E-state index in [0.29, 0.717) is 25.1 Å². The molecule has 0 spiro atoms. The lowest BCUT2D eigenvalue weighted by Gasteiger charge is -2.25. The van der Waals surface area contributed by atoms with E-state index >= 15 is 0 Å². The minimum Gasteiger partial charge on any atom is -0.483 e. The number of rotatable bonds is 7. The van der Waals surface area contributed by atoms with Crippen LogP contribution in [0.3, 0.4) is 0 Å². The highest BCUT2D eigenvalue weighted by Gasteiger charge is 2.32. The van der Waals surface area contributed by atoms with E-state index in [-0.39, 0.29) is 30.4 Å². The number of nitrogens with one attached hydrogen (secondary N) is 1. The van der Waals surface area contributed by atoms with Gasteiger partial charge in [-0.05, 0) is 43.7 Å². The van der Waals surface area contributed by atoms with Gasteiger partial charge in [0.2, 0.25) is 0 Å². The average molecular weight is 416 g/mol. The van der Waals surface area contributed by atoms with Crippen molar-refractivity contribution >= 4 is 18.3 Å². The summed E-state index contributed by atoms with van der Waals surface area (Å²) in [4.78, 5) is 34.6. The van der Waals surface area contributed by atoms with Crippen molar-refractivity contribution in [3.63, 3.8) is 0 Å². The van der Waals surface area contributed by atoms with E-state index in [9.17, 15) is 9.59 Å². The second-order valence-electron chi connectivity index (χ2n) is 7.05. The van der Waals surface area contributed by atoms with Crippen molar-refractivity contribution in [3.8, 4) is 0 Å². The topological polar surface area (TPSA) is 114 Å². The van der Waals surface area contributed by atoms with E-state index in [1.807, 2.05) is 48.3 Å². The number of amides is 1. The number of methoxy groups -OCH3 is 1. The third kappa shape index (κ3) is 6.70. The molecule has 1 fully saturated rings. The SMILES string of the molecule is COC(=O)C[C@H]1CC[C@@H](CNC(=O)c2cccc(Cn3cccn3)c2)N1C.O=CO. The number of ether oxygens (including phenoxy) is 1. The Bertz CT molecular complexity index is 825. The standard InChI is InChI=1S/C20H26N4O3.CH2O2/c1-23-17(12-19(25)27-2)7-8-18(23)13-21-20(26)16-6-3-5-15(11-16)14-24-10-4-9-22-24;2-1-3/h3-6,9-11,17-18H,7-8,12-14H2,1-2H3,(H,21,26);1H,(H,2,3)/t17-,18+;/m1./s1. The summed E-state index contributed by atoms with van der Waals surface area (Å²) in [5.41, 5.74) is 1.67. The first kappa shape index (κ1) is 23.1. The number of hydrogen-bond acceptors (Lipinski definition) is 6. The number of aromatic nitrogens is 2. The Morgan fingerprint density at radius 3 is 2.70 bits per heavy atom.